The van der Waals surface area contributed by atoms with E-state index in [4.69, 9.17) is 4.74 Å². The molecule has 1 saturated heterocycles. The van der Waals surface area contributed by atoms with Crippen LogP contribution in [-0.4, -0.2) is 50.3 Å². The molecule has 1 fully saturated rings. The molecular formula is C19H26N2O6S. The molecule has 1 heterocycles. The SMILES string of the molecule is Cc1ccc(S(=O)(=O)N[C@H](CC(C)C)C(=O)OCC(=O)N2CCCC2=O)cc1. The molecule has 1 atom stereocenters. The van der Waals surface area contributed by atoms with E-state index >= 15 is 0 Å². The topological polar surface area (TPSA) is 110 Å². The molecule has 1 aromatic rings. The van der Waals surface area contributed by atoms with Gasteiger partial charge in [0, 0.05) is 13.0 Å². The predicted octanol–water partition coefficient (Wildman–Crippen LogP) is 1.38. The third-order valence-corrected chi connectivity index (χ3v) is 5.82. The zero-order valence-electron chi connectivity index (χ0n) is 16.3. The summed E-state index contributed by atoms with van der Waals surface area (Å²) in [5.74, 6) is -1.72. The minimum atomic E-state index is -3.93. The number of rotatable bonds is 8. The summed E-state index contributed by atoms with van der Waals surface area (Å²) in [5, 5.41) is 0. The maximum Gasteiger partial charge on any atom is 0.324 e. The summed E-state index contributed by atoms with van der Waals surface area (Å²) < 4.78 is 32.6. The van der Waals surface area contributed by atoms with E-state index in [1.807, 2.05) is 20.8 Å². The fourth-order valence-corrected chi connectivity index (χ4v) is 4.06. The fourth-order valence-electron chi connectivity index (χ4n) is 2.86. The molecule has 8 nitrogen and oxygen atoms in total. The Balaban J connectivity index is 2.05. The summed E-state index contributed by atoms with van der Waals surface area (Å²) in [6, 6.07) is 5.11. The van der Waals surface area contributed by atoms with Crippen molar-refractivity contribution in [1.29, 1.82) is 0 Å². The molecule has 0 radical (unpaired) electrons. The summed E-state index contributed by atoms with van der Waals surface area (Å²) >= 11 is 0. The molecule has 154 valence electrons. The maximum atomic E-state index is 12.6. The molecule has 1 N–H and O–H groups in total. The molecule has 9 heteroatoms. The number of hydrogen-bond donors (Lipinski definition) is 1. The normalized spacial score (nSPS) is 15.7. The highest BCUT2D eigenvalue weighted by Crippen LogP contribution is 2.15. The number of amides is 2. The number of imide groups is 1. The number of aryl methyl sites for hydroxylation is 1. The van der Waals surface area contributed by atoms with Gasteiger partial charge in [-0.3, -0.25) is 19.3 Å². The molecule has 0 unspecified atom stereocenters. The highest BCUT2D eigenvalue weighted by Gasteiger charge is 2.30. The van der Waals surface area contributed by atoms with Crippen molar-refractivity contribution in [3.8, 4) is 0 Å². The van der Waals surface area contributed by atoms with Crippen LogP contribution in [0.15, 0.2) is 29.2 Å². The zero-order valence-corrected chi connectivity index (χ0v) is 17.1. The average Bonchev–Trinajstić information content (AvgIpc) is 3.04. The van der Waals surface area contributed by atoms with Crippen LogP contribution in [0.25, 0.3) is 0 Å². The number of sulfonamides is 1. The Morgan fingerprint density at radius 2 is 1.86 bits per heavy atom. The Morgan fingerprint density at radius 3 is 2.39 bits per heavy atom. The van der Waals surface area contributed by atoms with E-state index in [0.29, 0.717) is 19.4 Å². The molecule has 1 aliphatic rings. The molecule has 0 aliphatic carbocycles. The van der Waals surface area contributed by atoms with E-state index in [0.717, 1.165) is 10.5 Å². The van der Waals surface area contributed by atoms with Gasteiger partial charge in [-0.2, -0.15) is 4.72 Å². The van der Waals surface area contributed by atoms with Crippen LogP contribution in [0.1, 0.15) is 38.7 Å². The van der Waals surface area contributed by atoms with E-state index in [-0.39, 0.29) is 23.1 Å². The van der Waals surface area contributed by atoms with Crippen molar-refractivity contribution in [2.75, 3.05) is 13.2 Å². The van der Waals surface area contributed by atoms with Crippen LogP contribution in [0.3, 0.4) is 0 Å². The van der Waals surface area contributed by atoms with Gasteiger partial charge in [0.15, 0.2) is 6.61 Å². The molecule has 0 saturated carbocycles. The largest absolute Gasteiger partial charge is 0.454 e. The summed E-state index contributed by atoms with van der Waals surface area (Å²) in [6.45, 7) is 5.24. The van der Waals surface area contributed by atoms with E-state index in [9.17, 15) is 22.8 Å². The third kappa shape index (κ3) is 5.87. The molecule has 2 amide bonds. The number of carbonyl (C=O) groups excluding carboxylic acids is 3. The first-order chi connectivity index (χ1) is 13.1. The number of benzene rings is 1. The van der Waals surface area contributed by atoms with Gasteiger partial charge in [0.25, 0.3) is 5.91 Å². The van der Waals surface area contributed by atoms with Crippen LogP contribution in [0.2, 0.25) is 0 Å². The van der Waals surface area contributed by atoms with Crippen molar-refractivity contribution < 1.29 is 27.5 Å². The van der Waals surface area contributed by atoms with Crippen LogP contribution in [0.4, 0.5) is 0 Å². The lowest BCUT2D eigenvalue weighted by molar-refractivity contribution is -0.156. The number of carbonyl (C=O) groups is 3. The second-order valence-electron chi connectivity index (χ2n) is 7.27. The lowest BCUT2D eigenvalue weighted by Gasteiger charge is -2.20. The number of ether oxygens (including phenoxy) is 1. The number of nitrogens with zero attached hydrogens (tertiary/aromatic N) is 1. The first-order valence-corrected chi connectivity index (χ1v) is 10.7. The van der Waals surface area contributed by atoms with Gasteiger partial charge in [-0.1, -0.05) is 31.5 Å². The van der Waals surface area contributed by atoms with Crippen molar-refractivity contribution in [3.05, 3.63) is 29.8 Å². The predicted molar refractivity (Wildman–Crippen MR) is 102 cm³/mol. The Kier molecular flexibility index (Phi) is 7.31. The lowest BCUT2D eigenvalue weighted by atomic mass is 10.1. The Morgan fingerprint density at radius 1 is 1.21 bits per heavy atom. The van der Waals surface area contributed by atoms with E-state index in [1.54, 1.807) is 12.1 Å². The standard InChI is InChI=1S/C19H26N2O6S/c1-13(2)11-16(20-28(25,26)15-8-6-14(3)7-9-15)19(24)27-12-18(23)21-10-4-5-17(21)22/h6-9,13,16,20H,4-5,10-12H2,1-3H3/t16-/m1/s1. The molecule has 0 spiro atoms. The Labute approximate surface area is 165 Å². The van der Waals surface area contributed by atoms with Crippen LogP contribution in [-0.2, 0) is 29.1 Å². The van der Waals surface area contributed by atoms with Crippen molar-refractivity contribution in [1.82, 2.24) is 9.62 Å². The Bertz CT molecular complexity index is 832. The van der Waals surface area contributed by atoms with Gasteiger partial charge in [-0.15, -0.1) is 0 Å². The van der Waals surface area contributed by atoms with E-state index < -0.39 is 34.5 Å². The highest BCUT2D eigenvalue weighted by molar-refractivity contribution is 7.89. The first-order valence-electron chi connectivity index (χ1n) is 9.19. The number of esters is 1. The van der Waals surface area contributed by atoms with Crippen LogP contribution in [0.5, 0.6) is 0 Å². The lowest BCUT2D eigenvalue weighted by Crippen LogP contribution is -2.44. The van der Waals surface area contributed by atoms with Gasteiger partial charge in [0.05, 0.1) is 4.90 Å². The molecule has 2 rings (SSSR count). The van der Waals surface area contributed by atoms with Crippen LogP contribution >= 0.6 is 0 Å². The summed E-state index contributed by atoms with van der Waals surface area (Å²) in [7, 11) is -3.93. The molecule has 28 heavy (non-hydrogen) atoms. The molecular weight excluding hydrogens is 384 g/mol. The maximum absolute atomic E-state index is 12.6. The van der Waals surface area contributed by atoms with Gasteiger partial charge in [0.1, 0.15) is 6.04 Å². The Hall–Kier alpha value is -2.26. The minimum absolute atomic E-state index is 0.00845. The zero-order chi connectivity index (χ0) is 20.9. The van der Waals surface area contributed by atoms with Gasteiger partial charge in [0.2, 0.25) is 15.9 Å². The molecule has 1 aromatic carbocycles. The van der Waals surface area contributed by atoms with Gasteiger partial charge in [-0.05, 0) is 37.8 Å². The smallest absolute Gasteiger partial charge is 0.324 e. The number of likely N-dealkylation sites (tertiary alicyclic amines) is 1. The van der Waals surface area contributed by atoms with Gasteiger partial charge >= 0.3 is 5.97 Å². The molecule has 0 aromatic heterocycles. The summed E-state index contributed by atoms with van der Waals surface area (Å²) in [5.41, 5.74) is 0.909. The number of nitrogens with one attached hydrogen (secondary N) is 1. The second-order valence-corrected chi connectivity index (χ2v) is 8.98. The van der Waals surface area contributed by atoms with Crippen molar-refractivity contribution in [2.24, 2.45) is 5.92 Å². The van der Waals surface area contributed by atoms with E-state index in [2.05, 4.69) is 4.72 Å². The second kappa shape index (κ2) is 9.29. The minimum Gasteiger partial charge on any atom is -0.454 e. The summed E-state index contributed by atoms with van der Waals surface area (Å²) in [6.07, 6.45) is 1.09. The third-order valence-electron chi connectivity index (χ3n) is 4.33. The quantitative estimate of drug-likeness (QED) is 0.649. The van der Waals surface area contributed by atoms with Crippen molar-refractivity contribution >= 4 is 27.8 Å². The van der Waals surface area contributed by atoms with E-state index in [1.165, 1.54) is 12.1 Å². The monoisotopic (exact) mass is 410 g/mol. The highest BCUT2D eigenvalue weighted by atomic mass is 32.2. The fraction of sp³-hybridized carbons (Fsp3) is 0.526. The molecule has 0 bridgehead atoms. The first kappa shape index (κ1) is 22.0. The van der Waals surface area contributed by atoms with Crippen molar-refractivity contribution in [3.63, 3.8) is 0 Å². The van der Waals surface area contributed by atoms with Crippen LogP contribution in [0, 0.1) is 12.8 Å². The van der Waals surface area contributed by atoms with Crippen molar-refractivity contribution in [2.45, 2.75) is 51.0 Å². The molecule has 1 aliphatic heterocycles. The van der Waals surface area contributed by atoms with Gasteiger partial charge in [-0.25, -0.2) is 8.42 Å². The van der Waals surface area contributed by atoms with Crippen LogP contribution < -0.4 is 4.72 Å². The van der Waals surface area contributed by atoms with Gasteiger partial charge < -0.3 is 4.74 Å². The average molecular weight is 410 g/mol. The summed E-state index contributed by atoms with van der Waals surface area (Å²) in [4.78, 5) is 37.1. The number of hydrogen-bond acceptors (Lipinski definition) is 6.